The summed E-state index contributed by atoms with van der Waals surface area (Å²) in [4.78, 5) is 0. The van der Waals surface area contributed by atoms with Crippen molar-refractivity contribution < 1.29 is 0 Å². The first-order chi connectivity index (χ1) is 6.86. The van der Waals surface area contributed by atoms with E-state index in [4.69, 9.17) is 5.73 Å². The molecule has 1 atom stereocenters. The first kappa shape index (κ1) is 12.0. The number of nitrogens with one attached hydrogen (secondary N) is 1. The predicted octanol–water partition coefficient (Wildman–Crippen LogP) is 2.28. The summed E-state index contributed by atoms with van der Waals surface area (Å²) >= 11 is 0. The number of rotatable bonds is 6. The Balaban J connectivity index is 2.16. The van der Waals surface area contributed by atoms with Crippen LogP contribution < -0.4 is 11.1 Å². The monoisotopic (exact) mass is 198 g/mol. The van der Waals surface area contributed by atoms with E-state index in [0.29, 0.717) is 6.04 Å². The van der Waals surface area contributed by atoms with Crippen LogP contribution in [0.5, 0.6) is 0 Å². The molecule has 1 fully saturated rings. The summed E-state index contributed by atoms with van der Waals surface area (Å²) in [6.45, 7) is 4.13. The van der Waals surface area contributed by atoms with Crippen molar-refractivity contribution in [1.29, 1.82) is 0 Å². The Morgan fingerprint density at radius 1 is 1.29 bits per heavy atom. The Bertz CT molecular complexity index is 130. The molecule has 14 heavy (non-hydrogen) atoms. The molecule has 3 N–H and O–H groups in total. The molecule has 0 aliphatic heterocycles. The topological polar surface area (TPSA) is 38.0 Å². The molecule has 1 rings (SSSR count). The van der Waals surface area contributed by atoms with Crippen LogP contribution in [0.15, 0.2) is 0 Å². The van der Waals surface area contributed by atoms with Gasteiger partial charge in [-0.15, -0.1) is 0 Å². The molecule has 1 saturated carbocycles. The molecule has 0 saturated heterocycles. The van der Waals surface area contributed by atoms with Crippen LogP contribution in [0.1, 0.15) is 51.9 Å². The Hall–Kier alpha value is -0.0800. The van der Waals surface area contributed by atoms with Crippen molar-refractivity contribution >= 4 is 0 Å². The highest BCUT2D eigenvalue weighted by molar-refractivity contribution is 4.75. The van der Waals surface area contributed by atoms with Gasteiger partial charge in [-0.2, -0.15) is 0 Å². The first-order valence-corrected chi connectivity index (χ1v) is 6.30. The largest absolute Gasteiger partial charge is 0.329 e. The van der Waals surface area contributed by atoms with Crippen LogP contribution in [0.25, 0.3) is 0 Å². The smallest absolute Gasteiger partial charge is 0.0192 e. The lowest BCUT2D eigenvalue weighted by Gasteiger charge is -2.26. The van der Waals surface area contributed by atoms with Crippen LogP contribution in [0, 0.1) is 5.92 Å². The van der Waals surface area contributed by atoms with Crippen molar-refractivity contribution in [2.24, 2.45) is 11.7 Å². The molecule has 0 heterocycles. The zero-order chi connectivity index (χ0) is 10.2. The zero-order valence-corrected chi connectivity index (χ0v) is 9.60. The number of nitrogens with two attached hydrogens (primary N) is 1. The summed E-state index contributed by atoms with van der Waals surface area (Å²) in [6, 6.07) is 0.568. The van der Waals surface area contributed by atoms with Crippen molar-refractivity contribution in [3.8, 4) is 0 Å². The second kappa shape index (κ2) is 7.24. The fraction of sp³-hybridized carbons (Fsp3) is 1.00. The molecule has 0 aromatic carbocycles. The molecule has 0 spiro atoms. The Labute approximate surface area is 88.6 Å². The van der Waals surface area contributed by atoms with Crippen LogP contribution in [-0.4, -0.2) is 19.1 Å². The van der Waals surface area contributed by atoms with Gasteiger partial charge in [-0.3, -0.25) is 0 Å². The fourth-order valence-corrected chi connectivity index (χ4v) is 2.44. The van der Waals surface area contributed by atoms with Crippen molar-refractivity contribution in [3.63, 3.8) is 0 Å². The van der Waals surface area contributed by atoms with Gasteiger partial charge in [-0.05, 0) is 25.3 Å². The molecule has 1 unspecified atom stereocenters. The normalized spacial score (nSPS) is 21.0. The van der Waals surface area contributed by atoms with E-state index in [1.165, 1.54) is 44.9 Å². The van der Waals surface area contributed by atoms with Crippen molar-refractivity contribution in [1.82, 2.24) is 5.32 Å². The maximum Gasteiger partial charge on any atom is 0.0192 e. The lowest BCUT2D eigenvalue weighted by molar-refractivity contribution is 0.300. The van der Waals surface area contributed by atoms with Gasteiger partial charge >= 0.3 is 0 Å². The molecule has 0 radical (unpaired) electrons. The third kappa shape index (κ3) is 4.43. The molecular formula is C12H26N2. The summed E-state index contributed by atoms with van der Waals surface area (Å²) in [5, 5.41) is 3.54. The summed E-state index contributed by atoms with van der Waals surface area (Å²) in [6.07, 6.45) is 9.71. The Morgan fingerprint density at radius 2 is 2.00 bits per heavy atom. The van der Waals surface area contributed by atoms with Crippen molar-refractivity contribution in [3.05, 3.63) is 0 Å². The molecule has 0 amide bonds. The van der Waals surface area contributed by atoms with Gasteiger partial charge in [-0.1, -0.05) is 39.0 Å². The fourth-order valence-electron chi connectivity index (χ4n) is 2.44. The predicted molar refractivity (Wildman–Crippen MR) is 62.3 cm³/mol. The third-order valence-electron chi connectivity index (χ3n) is 3.31. The highest BCUT2D eigenvalue weighted by Gasteiger charge is 2.17. The van der Waals surface area contributed by atoms with Gasteiger partial charge in [0.05, 0.1) is 0 Å². The molecule has 0 aromatic rings. The van der Waals surface area contributed by atoms with E-state index in [2.05, 4.69) is 12.2 Å². The third-order valence-corrected chi connectivity index (χ3v) is 3.31. The Morgan fingerprint density at radius 3 is 2.57 bits per heavy atom. The van der Waals surface area contributed by atoms with Gasteiger partial charge in [0, 0.05) is 12.6 Å². The summed E-state index contributed by atoms with van der Waals surface area (Å²) < 4.78 is 0. The van der Waals surface area contributed by atoms with Gasteiger partial charge in [-0.25, -0.2) is 0 Å². The van der Waals surface area contributed by atoms with Crippen molar-refractivity contribution in [2.45, 2.75) is 57.9 Å². The van der Waals surface area contributed by atoms with Gasteiger partial charge in [0.2, 0.25) is 0 Å². The summed E-state index contributed by atoms with van der Waals surface area (Å²) in [5.74, 6) is 0.946. The minimum atomic E-state index is 0.568. The van der Waals surface area contributed by atoms with E-state index < -0.39 is 0 Å². The lowest BCUT2D eigenvalue weighted by Crippen LogP contribution is -2.38. The summed E-state index contributed by atoms with van der Waals surface area (Å²) in [5.41, 5.74) is 5.77. The second-order valence-corrected chi connectivity index (χ2v) is 4.63. The van der Waals surface area contributed by atoms with Crippen molar-refractivity contribution in [2.75, 3.05) is 13.1 Å². The average molecular weight is 198 g/mol. The molecule has 0 bridgehead atoms. The van der Waals surface area contributed by atoms with E-state index in [1.807, 2.05) is 0 Å². The quantitative estimate of drug-likeness (QED) is 0.687. The van der Waals surface area contributed by atoms with Gasteiger partial charge in [0.1, 0.15) is 0 Å². The maximum absolute atomic E-state index is 5.77. The van der Waals surface area contributed by atoms with E-state index in [9.17, 15) is 0 Å². The second-order valence-electron chi connectivity index (χ2n) is 4.63. The Kier molecular flexibility index (Phi) is 6.20. The van der Waals surface area contributed by atoms with Crippen LogP contribution in [0.4, 0.5) is 0 Å². The highest BCUT2D eigenvalue weighted by Crippen LogP contribution is 2.27. The summed E-state index contributed by atoms with van der Waals surface area (Å²) in [7, 11) is 0. The minimum Gasteiger partial charge on any atom is -0.329 e. The van der Waals surface area contributed by atoms with Gasteiger partial charge in [0.25, 0.3) is 0 Å². The highest BCUT2D eigenvalue weighted by atomic mass is 14.9. The number of hydrogen-bond donors (Lipinski definition) is 2. The van der Waals surface area contributed by atoms with E-state index >= 15 is 0 Å². The first-order valence-electron chi connectivity index (χ1n) is 6.30. The van der Waals surface area contributed by atoms with Crippen LogP contribution in [0.2, 0.25) is 0 Å². The lowest BCUT2D eigenvalue weighted by atomic mass is 9.85. The zero-order valence-electron chi connectivity index (χ0n) is 9.60. The van der Waals surface area contributed by atoms with Gasteiger partial charge in [0.15, 0.2) is 0 Å². The van der Waals surface area contributed by atoms with Crippen LogP contribution in [0.3, 0.4) is 0 Å². The minimum absolute atomic E-state index is 0.568. The van der Waals surface area contributed by atoms with E-state index in [1.54, 1.807) is 0 Å². The van der Waals surface area contributed by atoms with E-state index in [0.717, 1.165) is 19.0 Å². The van der Waals surface area contributed by atoms with E-state index in [-0.39, 0.29) is 0 Å². The molecule has 2 heteroatoms. The van der Waals surface area contributed by atoms with Crippen LogP contribution in [-0.2, 0) is 0 Å². The average Bonchev–Trinajstić information content (AvgIpc) is 2.25. The molecule has 84 valence electrons. The maximum atomic E-state index is 5.77. The molecule has 1 aliphatic carbocycles. The SMILES string of the molecule is CCCNC(CN)CC1CCCCC1. The van der Waals surface area contributed by atoms with Crippen LogP contribution >= 0.6 is 0 Å². The standard InChI is InChI=1S/C12H26N2/c1-2-8-14-12(10-13)9-11-6-4-3-5-7-11/h11-12,14H,2-10,13H2,1H3. The molecule has 2 nitrogen and oxygen atoms in total. The number of hydrogen-bond acceptors (Lipinski definition) is 2. The molecule has 0 aromatic heterocycles. The molecule has 1 aliphatic rings. The molecular weight excluding hydrogens is 172 g/mol. The van der Waals surface area contributed by atoms with Gasteiger partial charge < -0.3 is 11.1 Å².